The molecule has 6 heteroatoms. The highest BCUT2D eigenvalue weighted by atomic mass is 16.5. The van der Waals surface area contributed by atoms with Gasteiger partial charge in [-0.2, -0.15) is 0 Å². The Morgan fingerprint density at radius 3 is 2.15 bits per heavy atom. The van der Waals surface area contributed by atoms with Crippen LogP contribution < -0.4 is 10.1 Å². The molecule has 0 fully saturated rings. The van der Waals surface area contributed by atoms with Gasteiger partial charge in [0, 0.05) is 12.8 Å². The summed E-state index contributed by atoms with van der Waals surface area (Å²) in [5, 5.41) is 12.0. The van der Waals surface area contributed by atoms with Gasteiger partial charge in [-0.1, -0.05) is 19.1 Å². The van der Waals surface area contributed by atoms with E-state index in [-0.39, 0.29) is 18.3 Å². The monoisotopic (exact) mass is 371 g/mol. The van der Waals surface area contributed by atoms with Gasteiger partial charge in [-0.05, 0) is 55.3 Å². The second-order valence-corrected chi connectivity index (χ2v) is 6.07. The molecule has 0 aliphatic rings. The first-order chi connectivity index (χ1) is 13.0. The molecule has 0 saturated carbocycles. The maximum Gasteiger partial charge on any atom is 0.328 e. The lowest BCUT2D eigenvalue weighted by Gasteiger charge is -2.17. The average Bonchev–Trinajstić information content (AvgIpc) is 2.65. The van der Waals surface area contributed by atoms with E-state index in [9.17, 15) is 14.7 Å². The van der Waals surface area contributed by atoms with E-state index < -0.39 is 12.0 Å². The fourth-order valence-electron chi connectivity index (χ4n) is 2.51. The molecule has 0 radical (unpaired) electrons. The predicted octanol–water partition coefficient (Wildman–Crippen LogP) is 3.58. The molecule has 2 aromatic rings. The molecule has 2 N–H and O–H groups in total. The van der Waals surface area contributed by atoms with Crippen LogP contribution >= 0.6 is 0 Å². The van der Waals surface area contributed by atoms with E-state index in [1.165, 1.54) is 0 Å². The van der Waals surface area contributed by atoms with Gasteiger partial charge in [-0.3, -0.25) is 4.79 Å². The van der Waals surface area contributed by atoms with Crippen molar-refractivity contribution >= 4 is 11.9 Å². The lowest BCUT2D eigenvalue weighted by atomic mass is 10.1. The fourth-order valence-corrected chi connectivity index (χ4v) is 2.51. The highest BCUT2D eigenvalue weighted by Gasteiger charge is 2.22. The summed E-state index contributed by atoms with van der Waals surface area (Å²) in [7, 11) is 0. The predicted molar refractivity (Wildman–Crippen MR) is 102 cm³/mol. The number of phenolic OH excluding ortho intramolecular Hbond substituents is 1. The summed E-state index contributed by atoms with van der Waals surface area (Å²) in [6.07, 6.45) is 1.42. The van der Waals surface area contributed by atoms with Crippen molar-refractivity contribution in [1.29, 1.82) is 0 Å². The minimum Gasteiger partial charge on any atom is -0.508 e. The molecule has 0 aliphatic carbocycles. The summed E-state index contributed by atoms with van der Waals surface area (Å²) in [5.74, 6) is 0.811. The second kappa shape index (κ2) is 10.2. The number of nitrogens with one attached hydrogen (secondary N) is 1. The standard InChI is InChI=1S/C21H25NO5/c1-3-5-20(24)22-19(21(25)26-4-2)14-15-6-10-17(11-7-15)27-18-12-8-16(23)9-13-18/h6-13,19,23H,3-5,14H2,1-2H3,(H,22,24). The summed E-state index contributed by atoms with van der Waals surface area (Å²) >= 11 is 0. The van der Waals surface area contributed by atoms with Crippen molar-refractivity contribution in [1.82, 2.24) is 5.32 Å². The van der Waals surface area contributed by atoms with E-state index in [1.807, 2.05) is 19.1 Å². The molecule has 1 unspecified atom stereocenters. The molecule has 0 bridgehead atoms. The molecule has 1 amide bonds. The maximum absolute atomic E-state index is 12.1. The Balaban J connectivity index is 2.02. The number of ether oxygens (including phenoxy) is 2. The second-order valence-electron chi connectivity index (χ2n) is 6.07. The smallest absolute Gasteiger partial charge is 0.328 e. The Kier molecular flexibility index (Phi) is 7.67. The number of amides is 1. The molecule has 144 valence electrons. The van der Waals surface area contributed by atoms with Crippen molar-refractivity contribution in [3.8, 4) is 17.2 Å². The normalized spacial score (nSPS) is 11.5. The highest BCUT2D eigenvalue weighted by molar-refractivity contribution is 5.84. The molecule has 2 aromatic carbocycles. The van der Waals surface area contributed by atoms with E-state index in [0.717, 1.165) is 5.56 Å². The van der Waals surface area contributed by atoms with Crippen LogP contribution in [0.15, 0.2) is 48.5 Å². The number of phenols is 1. The Bertz CT molecular complexity index is 740. The van der Waals surface area contributed by atoms with Crippen molar-refractivity contribution in [2.24, 2.45) is 0 Å². The summed E-state index contributed by atoms with van der Waals surface area (Å²) in [4.78, 5) is 24.0. The zero-order valence-corrected chi connectivity index (χ0v) is 15.6. The summed E-state index contributed by atoms with van der Waals surface area (Å²) in [5.41, 5.74) is 0.878. The number of hydrogen-bond acceptors (Lipinski definition) is 5. The number of carbonyl (C=O) groups is 2. The van der Waals surface area contributed by atoms with Crippen LogP contribution in [0.4, 0.5) is 0 Å². The SMILES string of the molecule is CCCC(=O)NC(Cc1ccc(Oc2ccc(O)cc2)cc1)C(=O)OCC. The third-order valence-electron chi connectivity index (χ3n) is 3.82. The van der Waals surface area contributed by atoms with Crippen molar-refractivity contribution in [2.45, 2.75) is 39.2 Å². The van der Waals surface area contributed by atoms with Gasteiger partial charge >= 0.3 is 5.97 Å². The molecule has 0 saturated heterocycles. The van der Waals surface area contributed by atoms with Crippen LogP contribution in [0.2, 0.25) is 0 Å². The molecular weight excluding hydrogens is 346 g/mol. The molecule has 0 heterocycles. The first kappa shape index (κ1) is 20.3. The van der Waals surface area contributed by atoms with E-state index in [0.29, 0.717) is 30.8 Å². The first-order valence-corrected chi connectivity index (χ1v) is 9.03. The number of carbonyl (C=O) groups excluding carboxylic acids is 2. The Labute approximate surface area is 159 Å². The van der Waals surface area contributed by atoms with Gasteiger partial charge in [0.2, 0.25) is 5.91 Å². The Morgan fingerprint density at radius 1 is 1.00 bits per heavy atom. The van der Waals surface area contributed by atoms with Crippen LogP contribution in [0.3, 0.4) is 0 Å². The molecular formula is C21H25NO5. The quantitative estimate of drug-likeness (QED) is 0.658. The van der Waals surface area contributed by atoms with Gasteiger partial charge in [-0.15, -0.1) is 0 Å². The lowest BCUT2D eigenvalue weighted by Crippen LogP contribution is -2.43. The van der Waals surface area contributed by atoms with Crippen LogP contribution in [0, 0.1) is 0 Å². The van der Waals surface area contributed by atoms with Crippen LogP contribution in [-0.4, -0.2) is 29.6 Å². The Hall–Kier alpha value is -3.02. The number of hydrogen-bond donors (Lipinski definition) is 2. The maximum atomic E-state index is 12.1. The fraction of sp³-hybridized carbons (Fsp3) is 0.333. The molecule has 0 spiro atoms. The third kappa shape index (κ3) is 6.66. The Morgan fingerprint density at radius 2 is 1.59 bits per heavy atom. The van der Waals surface area contributed by atoms with Gasteiger partial charge < -0.3 is 19.9 Å². The van der Waals surface area contributed by atoms with Crippen LogP contribution in [0.1, 0.15) is 32.3 Å². The van der Waals surface area contributed by atoms with E-state index in [4.69, 9.17) is 9.47 Å². The van der Waals surface area contributed by atoms with Gasteiger partial charge in [0.05, 0.1) is 6.61 Å². The molecule has 2 rings (SSSR count). The van der Waals surface area contributed by atoms with Crippen molar-refractivity contribution < 1.29 is 24.2 Å². The van der Waals surface area contributed by atoms with Gasteiger partial charge in [0.1, 0.15) is 23.3 Å². The first-order valence-electron chi connectivity index (χ1n) is 9.03. The number of aromatic hydroxyl groups is 1. The van der Waals surface area contributed by atoms with Crippen molar-refractivity contribution in [3.63, 3.8) is 0 Å². The summed E-state index contributed by atoms with van der Waals surface area (Å²) in [6.45, 7) is 3.91. The van der Waals surface area contributed by atoms with Crippen molar-refractivity contribution in [2.75, 3.05) is 6.61 Å². The number of benzene rings is 2. The van der Waals surface area contributed by atoms with Gasteiger partial charge in [0.15, 0.2) is 0 Å². The minimum absolute atomic E-state index is 0.164. The van der Waals surface area contributed by atoms with Crippen LogP contribution in [0.25, 0.3) is 0 Å². The molecule has 1 atom stereocenters. The molecule has 0 aliphatic heterocycles. The van der Waals surface area contributed by atoms with Crippen LogP contribution in [-0.2, 0) is 20.7 Å². The molecule has 6 nitrogen and oxygen atoms in total. The van der Waals surface area contributed by atoms with E-state index >= 15 is 0 Å². The lowest BCUT2D eigenvalue weighted by molar-refractivity contribution is -0.147. The van der Waals surface area contributed by atoms with Crippen LogP contribution in [0.5, 0.6) is 17.2 Å². The summed E-state index contributed by atoms with van der Waals surface area (Å²) < 4.78 is 10.8. The summed E-state index contributed by atoms with van der Waals surface area (Å²) in [6, 6.07) is 13.0. The molecule has 27 heavy (non-hydrogen) atoms. The number of rotatable bonds is 9. The zero-order valence-electron chi connectivity index (χ0n) is 15.6. The highest BCUT2D eigenvalue weighted by Crippen LogP contribution is 2.23. The van der Waals surface area contributed by atoms with Gasteiger partial charge in [0.25, 0.3) is 0 Å². The van der Waals surface area contributed by atoms with E-state index in [2.05, 4.69) is 5.32 Å². The third-order valence-corrected chi connectivity index (χ3v) is 3.82. The largest absolute Gasteiger partial charge is 0.508 e. The average molecular weight is 371 g/mol. The number of esters is 1. The minimum atomic E-state index is -0.715. The zero-order chi connectivity index (χ0) is 19.6. The van der Waals surface area contributed by atoms with Gasteiger partial charge in [-0.25, -0.2) is 4.79 Å². The van der Waals surface area contributed by atoms with E-state index in [1.54, 1.807) is 43.3 Å². The van der Waals surface area contributed by atoms with Crippen molar-refractivity contribution in [3.05, 3.63) is 54.1 Å². The topological polar surface area (TPSA) is 84.9 Å². The molecule has 0 aromatic heterocycles.